The summed E-state index contributed by atoms with van der Waals surface area (Å²) in [5.41, 5.74) is -5.14. The second kappa shape index (κ2) is 8.40. The highest BCUT2D eigenvalue weighted by molar-refractivity contribution is 7.89. The van der Waals surface area contributed by atoms with Crippen molar-refractivity contribution in [3.8, 4) is 0 Å². The molecule has 166 valence electrons. The molecule has 8 nitrogen and oxygen atoms in total. The molecule has 0 aliphatic carbocycles. The number of halogens is 3. The summed E-state index contributed by atoms with van der Waals surface area (Å²) in [4.78, 5) is 10.3. The fourth-order valence-electron chi connectivity index (χ4n) is 2.94. The summed E-state index contributed by atoms with van der Waals surface area (Å²) < 4.78 is 92.4. The van der Waals surface area contributed by atoms with E-state index in [0.717, 1.165) is 22.5 Å². The highest BCUT2D eigenvalue weighted by Gasteiger charge is 2.49. The van der Waals surface area contributed by atoms with Gasteiger partial charge >= 0.3 is 15.6 Å². The van der Waals surface area contributed by atoms with Crippen LogP contribution in [0.4, 0.5) is 18.9 Å². The zero-order valence-corrected chi connectivity index (χ0v) is 17.2. The van der Waals surface area contributed by atoms with E-state index in [1.165, 1.54) is 12.1 Å². The van der Waals surface area contributed by atoms with Crippen LogP contribution >= 0.6 is 0 Å². The summed E-state index contributed by atoms with van der Waals surface area (Å²) in [6, 6.07) is 12.8. The Hall–Kier alpha value is -2.77. The second-order valence-electron chi connectivity index (χ2n) is 6.52. The lowest BCUT2D eigenvalue weighted by atomic mass is 9.96. The van der Waals surface area contributed by atoms with Crippen LogP contribution in [0, 0.1) is 4.91 Å². The Bertz CT molecular complexity index is 1200. The van der Waals surface area contributed by atoms with Crippen molar-refractivity contribution in [2.75, 3.05) is 13.1 Å². The van der Waals surface area contributed by atoms with Crippen LogP contribution in [0.5, 0.6) is 0 Å². The van der Waals surface area contributed by atoms with Gasteiger partial charge in [0.05, 0.1) is 11.4 Å². The molecule has 3 rings (SSSR count). The average molecular weight is 476 g/mol. The summed E-state index contributed by atoms with van der Waals surface area (Å²) in [6.07, 6.45) is 1.16. The van der Waals surface area contributed by atoms with Crippen molar-refractivity contribution in [2.24, 2.45) is 5.18 Å². The fourth-order valence-corrected chi connectivity index (χ4v) is 4.86. The molecule has 0 bridgehead atoms. The first kappa shape index (κ1) is 22.9. The van der Waals surface area contributed by atoms with Crippen molar-refractivity contribution in [1.82, 2.24) is 4.31 Å². The van der Waals surface area contributed by atoms with E-state index in [1.807, 2.05) is 0 Å². The highest BCUT2D eigenvalue weighted by atomic mass is 32.2. The molecule has 1 heterocycles. The third kappa shape index (κ3) is 4.94. The van der Waals surface area contributed by atoms with Gasteiger partial charge < -0.3 is 4.18 Å². The molecule has 0 saturated carbocycles. The molecule has 13 heteroatoms. The van der Waals surface area contributed by atoms with Gasteiger partial charge in [0, 0.05) is 12.5 Å². The van der Waals surface area contributed by atoms with Crippen LogP contribution in [0.1, 0.15) is 11.5 Å². The Labute approximate surface area is 176 Å². The van der Waals surface area contributed by atoms with Gasteiger partial charge in [-0.3, -0.25) is 0 Å². The van der Waals surface area contributed by atoms with Crippen LogP contribution in [0.15, 0.2) is 76.5 Å². The van der Waals surface area contributed by atoms with Gasteiger partial charge in [-0.05, 0) is 41.1 Å². The molecule has 0 spiro atoms. The van der Waals surface area contributed by atoms with Gasteiger partial charge in [0.2, 0.25) is 10.0 Å². The summed E-state index contributed by atoms with van der Waals surface area (Å²) in [5, 5.41) is 2.67. The molecule has 31 heavy (non-hydrogen) atoms. The Balaban J connectivity index is 2.00. The van der Waals surface area contributed by atoms with Crippen LogP contribution in [0.25, 0.3) is 0 Å². The molecule has 2 aromatic carbocycles. The number of hydrogen-bond donors (Lipinski definition) is 0. The molecule has 1 unspecified atom stereocenters. The molecule has 0 aromatic heterocycles. The Morgan fingerprint density at radius 3 is 2.13 bits per heavy atom. The Morgan fingerprint density at radius 1 is 0.968 bits per heavy atom. The quantitative estimate of drug-likeness (QED) is 0.358. The van der Waals surface area contributed by atoms with Crippen molar-refractivity contribution in [1.29, 1.82) is 0 Å². The molecule has 1 atom stereocenters. The third-order valence-electron chi connectivity index (χ3n) is 4.43. The molecule has 2 aromatic rings. The van der Waals surface area contributed by atoms with E-state index in [2.05, 4.69) is 9.36 Å². The molecule has 0 N–H and O–H groups in total. The first-order chi connectivity index (χ1) is 14.4. The van der Waals surface area contributed by atoms with Gasteiger partial charge in [0.1, 0.15) is 11.4 Å². The van der Waals surface area contributed by atoms with Gasteiger partial charge in [0.25, 0.3) is 0 Å². The van der Waals surface area contributed by atoms with E-state index >= 15 is 0 Å². The Morgan fingerprint density at radius 2 is 1.58 bits per heavy atom. The van der Waals surface area contributed by atoms with Crippen LogP contribution in [-0.4, -0.2) is 39.7 Å². The normalized spacial score (nSPS) is 18.3. The van der Waals surface area contributed by atoms with Crippen LogP contribution < -0.4 is 0 Å². The average Bonchev–Trinajstić information content (AvgIpc) is 2.73. The standard InChI is InChI=1S/C18H15F3N2O6S2/c19-18(20,21)31(27,28)29-16-10-14(13-4-2-1-3-5-13)11-23(12-16)30(25,26)17-8-6-15(22-24)7-9-17/h1-10,14H,11-12H2. The lowest BCUT2D eigenvalue weighted by Crippen LogP contribution is -2.40. The minimum Gasteiger partial charge on any atom is -0.379 e. The van der Waals surface area contributed by atoms with Crippen molar-refractivity contribution >= 4 is 25.8 Å². The zero-order chi connectivity index (χ0) is 22.9. The maximum absolute atomic E-state index is 13.0. The second-order valence-corrected chi connectivity index (χ2v) is 9.99. The van der Waals surface area contributed by atoms with Crippen molar-refractivity contribution < 1.29 is 34.2 Å². The van der Waals surface area contributed by atoms with Gasteiger partial charge in [0.15, 0.2) is 0 Å². The predicted octanol–water partition coefficient (Wildman–Crippen LogP) is 3.62. The van der Waals surface area contributed by atoms with Crippen LogP contribution in [0.3, 0.4) is 0 Å². The summed E-state index contributed by atoms with van der Waals surface area (Å²) in [5.74, 6) is -1.44. The number of sulfonamides is 1. The number of alkyl halides is 3. The van der Waals surface area contributed by atoms with E-state index in [9.17, 15) is 34.9 Å². The van der Waals surface area contributed by atoms with E-state index in [-0.39, 0.29) is 17.1 Å². The summed E-state index contributed by atoms with van der Waals surface area (Å²) in [7, 11) is -10.2. The van der Waals surface area contributed by atoms with Crippen molar-refractivity contribution in [2.45, 2.75) is 16.3 Å². The number of benzene rings is 2. The molecule has 0 amide bonds. The predicted molar refractivity (Wildman–Crippen MR) is 104 cm³/mol. The number of rotatable bonds is 6. The maximum Gasteiger partial charge on any atom is 0.534 e. The fraction of sp³-hybridized carbons (Fsp3) is 0.222. The smallest absolute Gasteiger partial charge is 0.379 e. The minimum absolute atomic E-state index is 0.0139. The minimum atomic E-state index is -5.98. The topological polar surface area (TPSA) is 110 Å². The van der Waals surface area contributed by atoms with Gasteiger partial charge in [-0.15, -0.1) is 4.91 Å². The lowest BCUT2D eigenvalue weighted by molar-refractivity contribution is -0.0524. The molecule has 0 fully saturated rings. The number of hydrogen-bond acceptors (Lipinski definition) is 7. The first-order valence-corrected chi connectivity index (χ1v) is 11.5. The van der Waals surface area contributed by atoms with E-state index in [0.29, 0.717) is 5.56 Å². The van der Waals surface area contributed by atoms with Crippen molar-refractivity contribution in [3.05, 3.63) is 76.9 Å². The lowest BCUT2D eigenvalue weighted by Gasteiger charge is -2.31. The van der Waals surface area contributed by atoms with E-state index in [4.69, 9.17) is 0 Å². The molecular weight excluding hydrogens is 461 g/mol. The number of nitroso groups, excluding NO2 is 1. The van der Waals surface area contributed by atoms with Crippen LogP contribution in [0.2, 0.25) is 0 Å². The molecular formula is C18H15F3N2O6S2. The number of nitrogens with zero attached hydrogens (tertiary/aromatic N) is 2. The van der Waals surface area contributed by atoms with Gasteiger partial charge in [-0.25, -0.2) is 8.42 Å². The zero-order valence-electron chi connectivity index (χ0n) is 15.6. The Kier molecular flexibility index (Phi) is 6.21. The van der Waals surface area contributed by atoms with Crippen molar-refractivity contribution in [3.63, 3.8) is 0 Å². The molecule has 1 aliphatic heterocycles. The first-order valence-electron chi connectivity index (χ1n) is 8.64. The summed E-state index contributed by atoms with van der Waals surface area (Å²) in [6.45, 7) is -0.895. The summed E-state index contributed by atoms with van der Waals surface area (Å²) >= 11 is 0. The highest BCUT2D eigenvalue weighted by Crippen LogP contribution is 2.33. The SMILES string of the molecule is O=Nc1ccc(S(=O)(=O)N2CC(OS(=O)(=O)C(F)(F)F)=CC(c3ccccc3)C2)cc1. The monoisotopic (exact) mass is 476 g/mol. The molecule has 1 aliphatic rings. The molecule has 0 saturated heterocycles. The van der Waals surface area contributed by atoms with E-state index in [1.54, 1.807) is 30.3 Å². The van der Waals surface area contributed by atoms with Crippen LogP contribution in [-0.2, 0) is 24.3 Å². The molecule has 0 radical (unpaired) electrons. The van der Waals surface area contributed by atoms with E-state index < -0.39 is 43.9 Å². The van der Waals surface area contributed by atoms with Gasteiger partial charge in [-0.1, -0.05) is 30.3 Å². The van der Waals surface area contributed by atoms with Gasteiger partial charge in [-0.2, -0.15) is 25.9 Å². The third-order valence-corrected chi connectivity index (χ3v) is 7.25. The maximum atomic E-state index is 13.0. The largest absolute Gasteiger partial charge is 0.534 e.